The summed E-state index contributed by atoms with van der Waals surface area (Å²) in [4.78, 5) is 10.6. The fourth-order valence-electron chi connectivity index (χ4n) is 1.41. The molecule has 13 heavy (non-hydrogen) atoms. The zero-order valence-corrected chi connectivity index (χ0v) is 8.38. The van der Waals surface area contributed by atoms with Crippen LogP contribution in [-0.2, 0) is 14.0 Å². The Bertz CT molecular complexity index is 302. The number of carboxylic acids is 1. The topological polar surface area (TPSA) is 74.7 Å². The molecule has 76 valence electrons. The van der Waals surface area contributed by atoms with Crippen LogP contribution in [-0.4, -0.2) is 36.4 Å². The summed E-state index contributed by atoms with van der Waals surface area (Å²) in [7, 11) is 1.19. The summed E-state index contributed by atoms with van der Waals surface area (Å²) in [6.45, 7) is 0.197. The Labute approximate surface area is 80.8 Å². The first kappa shape index (κ1) is 10.7. The van der Waals surface area contributed by atoms with Gasteiger partial charge in [0.25, 0.3) is 0 Å². The predicted molar refractivity (Wildman–Crippen MR) is 46.8 cm³/mol. The molecular weight excluding hydrogens is 218 g/mol. The lowest BCUT2D eigenvalue weighted by Crippen LogP contribution is -2.46. The molecule has 1 heterocycles. The number of rotatable bonds is 2. The van der Waals surface area contributed by atoms with E-state index in [0.29, 0.717) is 12.8 Å². The Morgan fingerprint density at radius 2 is 2.08 bits per heavy atom. The Morgan fingerprint density at radius 3 is 2.46 bits per heavy atom. The lowest BCUT2D eigenvalue weighted by atomic mass is 10.1. The van der Waals surface area contributed by atoms with Crippen LogP contribution in [0.4, 0.5) is 0 Å². The van der Waals surface area contributed by atoms with Crippen LogP contribution in [0.3, 0.4) is 0 Å². The zero-order chi connectivity index (χ0) is 10.1. The highest BCUT2D eigenvalue weighted by molar-refractivity contribution is 8.11. The van der Waals surface area contributed by atoms with E-state index >= 15 is 0 Å². The maximum atomic E-state index is 10.9. The molecule has 0 aromatic heterocycles. The molecule has 1 aliphatic rings. The van der Waals surface area contributed by atoms with Gasteiger partial charge in [-0.25, -0.2) is 0 Å². The molecule has 0 aromatic rings. The fourth-order valence-corrected chi connectivity index (χ4v) is 2.76. The Morgan fingerprint density at radius 1 is 1.46 bits per heavy atom. The average molecular weight is 228 g/mol. The summed E-state index contributed by atoms with van der Waals surface area (Å²) < 4.78 is 22.7. The maximum absolute atomic E-state index is 10.9. The van der Waals surface area contributed by atoms with E-state index in [1.54, 1.807) is 0 Å². The lowest BCUT2D eigenvalue weighted by molar-refractivity contribution is -0.142. The van der Waals surface area contributed by atoms with Crippen molar-refractivity contribution in [3.05, 3.63) is 0 Å². The third kappa shape index (κ3) is 2.55. The fraction of sp³-hybridized carbons (Fsp3) is 0.833. The van der Waals surface area contributed by atoms with Gasteiger partial charge >= 0.3 is 15.2 Å². The molecule has 1 saturated heterocycles. The lowest BCUT2D eigenvalue weighted by Gasteiger charge is -2.29. The summed E-state index contributed by atoms with van der Waals surface area (Å²) in [6, 6.07) is -0.990. The molecule has 0 bridgehead atoms. The molecular formula is C6H10ClNO4S. The number of carbonyl (C=O) groups is 1. The molecule has 0 aliphatic carbocycles. The SMILES string of the molecule is O=C(O)[C@@H]1CCCCN1S(=O)(=O)Cl. The van der Waals surface area contributed by atoms with Crippen molar-refractivity contribution < 1.29 is 18.3 Å². The molecule has 0 spiro atoms. The molecule has 1 fully saturated rings. The first-order chi connectivity index (χ1) is 5.93. The molecule has 0 unspecified atom stereocenters. The predicted octanol–water partition coefficient (Wildman–Crippen LogP) is 0.409. The third-order valence-corrected chi connectivity index (χ3v) is 3.55. The number of piperidine rings is 1. The van der Waals surface area contributed by atoms with Gasteiger partial charge in [-0.05, 0) is 19.3 Å². The van der Waals surface area contributed by atoms with Crippen LogP contribution in [0.15, 0.2) is 0 Å². The Kier molecular flexibility index (Phi) is 3.15. The van der Waals surface area contributed by atoms with E-state index in [1.165, 1.54) is 0 Å². The minimum absolute atomic E-state index is 0.197. The highest BCUT2D eigenvalue weighted by Gasteiger charge is 2.35. The van der Waals surface area contributed by atoms with Gasteiger partial charge in [-0.15, -0.1) is 0 Å². The van der Waals surface area contributed by atoms with E-state index < -0.39 is 21.2 Å². The maximum Gasteiger partial charge on any atom is 0.322 e. The number of halogens is 1. The summed E-state index contributed by atoms with van der Waals surface area (Å²) in [5, 5.41) is 8.71. The minimum atomic E-state index is -3.90. The van der Waals surface area contributed by atoms with Gasteiger partial charge in [0.1, 0.15) is 6.04 Å². The molecule has 1 N–H and O–H groups in total. The summed E-state index contributed by atoms with van der Waals surface area (Å²) in [6.07, 6.45) is 1.72. The zero-order valence-electron chi connectivity index (χ0n) is 6.81. The van der Waals surface area contributed by atoms with Gasteiger partial charge in [0.05, 0.1) is 0 Å². The summed E-state index contributed by atoms with van der Waals surface area (Å²) in [5.74, 6) is -1.14. The second-order valence-electron chi connectivity index (χ2n) is 2.90. The van der Waals surface area contributed by atoms with Crippen molar-refractivity contribution in [2.75, 3.05) is 6.54 Å². The van der Waals surface area contributed by atoms with Gasteiger partial charge in [0.2, 0.25) is 0 Å². The number of aliphatic carboxylic acids is 1. The molecule has 0 aromatic carbocycles. The van der Waals surface area contributed by atoms with Gasteiger partial charge in [0.15, 0.2) is 0 Å². The minimum Gasteiger partial charge on any atom is -0.480 e. The molecule has 1 aliphatic heterocycles. The standard InChI is InChI=1S/C6H10ClNO4S/c7-13(11,12)8-4-2-1-3-5(8)6(9)10/h5H,1-4H2,(H,9,10)/t5-/m0/s1. The van der Waals surface area contributed by atoms with Gasteiger partial charge in [-0.3, -0.25) is 4.79 Å². The molecule has 0 radical (unpaired) electrons. The highest BCUT2D eigenvalue weighted by atomic mass is 35.7. The molecule has 0 amide bonds. The number of hydrogen-bond donors (Lipinski definition) is 1. The van der Waals surface area contributed by atoms with Crippen LogP contribution < -0.4 is 0 Å². The van der Waals surface area contributed by atoms with E-state index in [1.807, 2.05) is 0 Å². The number of carboxylic acid groups (broad SMARTS) is 1. The number of hydrogen-bond acceptors (Lipinski definition) is 3. The average Bonchev–Trinajstić information content (AvgIpc) is 2.03. The van der Waals surface area contributed by atoms with Gasteiger partial charge in [0, 0.05) is 17.2 Å². The third-order valence-electron chi connectivity index (χ3n) is 2.02. The van der Waals surface area contributed by atoms with E-state index in [-0.39, 0.29) is 6.54 Å². The second kappa shape index (κ2) is 3.81. The van der Waals surface area contributed by atoms with E-state index in [4.69, 9.17) is 15.8 Å². The monoisotopic (exact) mass is 227 g/mol. The van der Waals surface area contributed by atoms with Crippen molar-refractivity contribution in [1.82, 2.24) is 4.31 Å². The Hall–Kier alpha value is -0.330. The van der Waals surface area contributed by atoms with E-state index in [9.17, 15) is 13.2 Å². The van der Waals surface area contributed by atoms with Crippen molar-refractivity contribution in [3.8, 4) is 0 Å². The smallest absolute Gasteiger partial charge is 0.322 e. The van der Waals surface area contributed by atoms with Crippen molar-refractivity contribution in [2.24, 2.45) is 0 Å². The molecule has 0 saturated carbocycles. The van der Waals surface area contributed by atoms with Crippen LogP contribution in [0.25, 0.3) is 0 Å². The van der Waals surface area contributed by atoms with Crippen molar-refractivity contribution in [1.29, 1.82) is 0 Å². The van der Waals surface area contributed by atoms with Crippen molar-refractivity contribution in [2.45, 2.75) is 25.3 Å². The second-order valence-corrected chi connectivity index (χ2v) is 5.37. The van der Waals surface area contributed by atoms with Gasteiger partial charge < -0.3 is 5.11 Å². The number of nitrogens with zero attached hydrogens (tertiary/aromatic N) is 1. The highest BCUT2D eigenvalue weighted by Crippen LogP contribution is 2.22. The normalized spacial score (nSPS) is 25.8. The van der Waals surface area contributed by atoms with Crippen LogP contribution in [0.5, 0.6) is 0 Å². The molecule has 1 atom stereocenters. The van der Waals surface area contributed by atoms with Crippen LogP contribution >= 0.6 is 10.7 Å². The quantitative estimate of drug-likeness (QED) is 0.694. The summed E-state index contributed by atoms with van der Waals surface area (Å²) >= 11 is 0. The molecule has 5 nitrogen and oxygen atoms in total. The first-order valence-electron chi connectivity index (χ1n) is 3.87. The van der Waals surface area contributed by atoms with E-state index in [2.05, 4.69) is 0 Å². The first-order valence-corrected chi connectivity index (χ1v) is 6.14. The van der Waals surface area contributed by atoms with Crippen molar-refractivity contribution >= 4 is 25.9 Å². The molecule has 1 rings (SSSR count). The van der Waals surface area contributed by atoms with Crippen LogP contribution in [0.1, 0.15) is 19.3 Å². The largest absolute Gasteiger partial charge is 0.480 e. The molecule has 7 heteroatoms. The van der Waals surface area contributed by atoms with Crippen LogP contribution in [0.2, 0.25) is 0 Å². The van der Waals surface area contributed by atoms with Gasteiger partial charge in [-0.1, -0.05) is 0 Å². The van der Waals surface area contributed by atoms with Crippen LogP contribution in [0, 0.1) is 0 Å². The van der Waals surface area contributed by atoms with Gasteiger partial charge in [-0.2, -0.15) is 12.7 Å². The van der Waals surface area contributed by atoms with Crippen molar-refractivity contribution in [3.63, 3.8) is 0 Å². The van der Waals surface area contributed by atoms with E-state index in [0.717, 1.165) is 10.7 Å². The Balaban J connectivity index is 2.86. The summed E-state index contributed by atoms with van der Waals surface area (Å²) in [5.41, 5.74) is 0.